The van der Waals surface area contributed by atoms with Crippen LogP contribution in [0.3, 0.4) is 0 Å². The largest absolute Gasteiger partial charge is 0.486 e. The molecule has 1 N–H and O–H groups in total. The number of carbonyl (C=O) groups is 2. The van der Waals surface area contributed by atoms with E-state index in [4.69, 9.17) is 9.47 Å². The molecule has 0 unspecified atom stereocenters. The van der Waals surface area contributed by atoms with Crippen LogP contribution in [0.15, 0.2) is 42.5 Å². The van der Waals surface area contributed by atoms with E-state index in [1.807, 2.05) is 19.0 Å². The highest BCUT2D eigenvalue weighted by molar-refractivity contribution is 5.98. The van der Waals surface area contributed by atoms with E-state index in [1.165, 1.54) is 5.56 Å². The van der Waals surface area contributed by atoms with E-state index in [2.05, 4.69) is 29.6 Å². The number of anilines is 1. The fourth-order valence-electron chi connectivity index (χ4n) is 2.98. The molecule has 1 aliphatic rings. The highest BCUT2D eigenvalue weighted by Crippen LogP contribution is 2.31. The second kappa shape index (κ2) is 9.26. The first-order valence-corrected chi connectivity index (χ1v) is 9.49. The molecule has 28 heavy (non-hydrogen) atoms. The summed E-state index contributed by atoms with van der Waals surface area (Å²) < 4.78 is 10.9. The Morgan fingerprint density at radius 3 is 2.39 bits per heavy atom. The van der Waals surface area contributed by atoms with Gasteiger partial charge in [0.1, 0.15) is 13.2 Å². The maximum absolute atomic E-state index is 12.3. The summed E-state index contributed by atoms with van der Waals surface area (Å²) in [5.74, 6) is 1.04. The molecule has 6 nitrogen and oxygen atoms in total. The second-order valence-corrected chi connectivity index (χ2v) is 6.94. The zero-order valence-corrected chi connectivity index (χ0v) is 16.4. The zero-order valence-electron chi connectivity index (χ0n) is 16.4. The van der Waals surface area contributed by atoms with Crippen molar-refractivity contribution in [3.8, 4) is 11.5 Å². The van der Waals surface area contributed by atoms with Gasteiger partial charge in [-0.05, 0) is 42.3 Å². The van der Waals surface area contributed by atoms with Crippen molar-refractivity contribution < 1.29 is 19.1 Å². The van der Waals surface area contributed by atoms with E-state index in [0.717, 1.165) is 12.1 Å². The molecule has 0 bridgehead atoms. The number of fused-ring (bicyclic) bond motifs is 1. The van der Waals surface area contributed by atoms with Crippen LogP contribution in [0, 0.1) is 0 Å². The van der Waals surface area contributed by atoms with Gasteiger partial charge in [0.25, 0.3) is 0 Å². The Bertz CT molecular complexity index is 831. The van der Waals surface area contributed by atoms with Crippen LogP contribution in [-0.2, 0) is 11.2 Å². The quantitative estimate of drug-likeness (QED) is 0.711. The number of Topliss-reactive ketones (excluding diaryl/α,β-unsaturated/α-hetero) is 1. The molecular formula is C22H26N2O4. The molecule has 1 amide bonds. The van der Waals surface area contributed by atoms with Gasteiger partial charge in [-0.2, -0.15) is 0 Å². The molecule has 1 aliphatic heterocycles. The Hall–Kier alpha value is -3.02. The Balaban J connectivity index is 1.41. The van der Waals surface area contributed by atoms with Crippen molar-refractivity contribution in [1.82, 2.24) is 5.32 Å². The van der Waals surface area contributed by atoms with Crippen molar-refractivity contribution in [2.75, 3.05) is 38.8 Å². The lowest BCUT2D eigenvalue weighted by Crippen LogP contribution is -2.26. The van der Waals surface area contributed by atoms with Crippen molar-refractivity contribution in [3.05, 3.63) is 53.6 Å². The summed E-state index contributed by atoms with van der Waals surface area (Å²) in [4.78, 5) is 26.4. The summed E-state index contributed by atoms with van der Waals surface area (Å²) in [6.45, 7) is 1.55. The number of carbonyl (C=O) groups excluding carboxylic acids is 2. The second-order valence-electron chi connectivity index (χ2n) is 6.94. The average molecular weight is 382 g/mol. The molecule has 0 radical (unpaired) electrons. The van der Waals surface area contributed by atoms with Crippen LogP contribution in [0.2, 0.25) is 0 Å². The fraction of sp³-hybridized carbons (Fsp3) is 0.364. The minimum atomic E-state index is -0.115. The Kier molecular flexibility index (Phi) is 6.53. The van der Waals surface area contributed by atoms with Gasteiger partial charge in [0.05, 0.1) is 0 Å². The van der Waals surface area contributed by atoms with E-state index >= 15 is 0 Å². The van der Waals surface area contributed by atoms with Gasteiger partial charge in [-0.25, -0.2) is 0 Å². The van der Waals surface area contributed by atoms with E-state index in [-0.39, 0.29) is 24.5 Å². The van der Waals surface area contributed by atoms with E-state index in [0.29, 0.717) is 36.8 Å². The third-order valence-corrected chi connectivity index (χ3v) is 4.63. The van der Waals surface area contributed by atoms with Crippen LogP contribution < -0.4 is 19.7 Å². The first kappa shape index (κ1) is 19.7. The number of nitrogens with one attached hydrogen (secondary N) is 1. The lowest BCUT2D eigenvalue weighted by atomic mass is 10.1. The highest BCUT2D eigenvalue weighted by Gasteiger charge is 2.15. The van der Waals surface area contributed by atoms with Crippen LogP contribution in [0.5, 0.6) is 11.5 Å². The highest BCUT2D eigenvalue weighted by atomic mass is 16.6. The summed E-state index contributed by atoms with van der Waals surface area (Å²) in [7, 11) is 4.00. The number of ketones is 1. The Labute approximate surface area is 165 Å². The normalized spacial score (nSPS) is 12.4. The molecule has 2 aromatic rings. The van der Waals surface area contributed by atoms with Crippen molar-refractivity contribution in [2.45, 2.75) is 19.3 Å². The molecular weight excluding hydrogens is 356 g/mol. The van der Waals surface area contributed by atoms with Crippen molar-refractivity contribution in [1.29, 1.82) is 0 Å². The SMILES string of the molecule is CN(C)c1ccc(CCNC(=O)CCC(=O)c2ccc3c(c2)OCCO3)cc1. The average Bonchev–Trinajstić information content (AvgIpc) is 2.72. The molecule has 0 fully saturated rings. The van der Waals surface area contributed by atoms with Crippen molar-refractivity contribution in [3.63, 3.8) is 0 Å². The summed E-state index contributed by atoms with van der Waals surface area (Å²) >= 11 is 0. The van der Waals surface area contributed by atoms with E-state index in [9.17, 15) is 9.59 Å². The number of hydrogen-bond donors (Lipinski definition) is 1. The number of rotatable bonds is 8. The first-order chi connectivity index (χ1) is 13.5. The third kappa shape index (κ3) is 5.25. The van der Waals surface area contributed by atoms with Crippen LogP contribution in [-0.4, -0.2) is 45.5 Å². The van der Waals surface area contributed by atoms with Gasteiger partial charge in [-0.1, -0.05) is 12.1 Å². The monoisotopic (exact) mass is 382 g/mol. The molecule has 1 heterocycles. The van der Waals surface area contributed by atoms with Crippen LogP contribution in [0.1, 0.15) is 28.8 Å². The minimum absolute atomic E-state index is 0.0774. The van der Waals surface area contributed by atoms with Crippen molar-refractivity contribution in [2.24, 2.45) is 0 Å². The topological polar surface area (TPSA) is 67.9 Å². The van der Waals surface area contributed by atoms with Gasteiger partial charge in [0.15, 0.2) is 17.3 Å². The summed E-state index contributed by atoms with van der Waals surface area (Å²) in [6, 6.07) is 13.4. The van der Waals surface area contributed by atoms with Gasteiger partial charge in [0, 0.05) is 44.7 Å². The van der Waals surface area contributed by atoms with E-state index in [1.54, 1.807) is 18.2 Å². The van der Waals surface area contributed by atoms with Crippen LogP contribution in [0.4, 0.5) is 5.69 Å². The molecule has 3 rings (SSSR count). The maximum atomic E-state index is 12.3. The fourth-order valence-corrected chi connectivity index (χ4v) is 2.98. The van der Waals surface area contributed by atoms with E-state index < -0.39 is 0 Å². The standard InChI is InChI=1S/C22H26N2O4/c1-24(2)18-6-3-16(4-7-18)11-12-23-22(26)10-8-19(25)17-5-9-20-21(15-17)28-14-13-27-20/h3-7,9,15H,8,10-14H2,1-2H3,(H,23,26). The predicted molar refractivity (Wildman–Crippen MR) is 108 cm³/mol. The minimum Gasteiger partial charge on any atom is -0.486 e. The predicted octanol–water partition coefficient (Wildman–Crippen LogP) is 2.85. The third-order valence-electron chi connectivity index (χ3n) is 4.63. The summed E-state index contributed by atoms with van der Waals surface area (Å²) in [6.07, 6.45) is 1.10. The van der Waals surface area contributed by atoms with Crippen LogP contribution in [0.25, 0.3) is 0 Å². The molecule has 0 atom stereocenters. The number of benzene rings is 2. The molecule has 0 aliphatic carbocycles. The Morgan fingerprint density at radius 2 is 1.68 bits per heavy atom. The number of amides is 1. The summed E-state index contributed by atoms with van der Waals surface area (Å²) in [5, 5.41) is 2.88. The molecule has 0 aromatic heterocycles. The van der Waals surface area contributed by atoms with Gasteiger partial charge in [-0.15, -0.1) is 0 Å². The van der Waals surface area contributed by atoms with Crippen LogP contribution >= 0.6 is 0 Å². The van der Waals surface area contributed by atoms with Gasteiger partial charge < -0.3 is 19.7 Å². The van der Waals surface area contributed by atoms with Gasteiger partial charge in [-0.3, -0.25) is 9.59 Å². The van der Waals surface area contributed by atoms with Gasteiger partial charge >= 0.3 is 0 Å². The summed E-state index contributed by atoms with van der Waals surface area (Å²) in [5.41, 5.74) is 2.85. The maximum Gasteiger partial charge on any atom is 0.220 e. The lowest BCUT2D eigenvalue weighted by molar-refractivity contribution is -0.121. The molecule has 0 saturated heterocycles. The molecule has 148 valence electrons. The first-order valence-electron chi connectivity index (χ1n) is 9.49. The molecule has 0 saturated carbocycles. The molecule has 6 heteroatoms. The zero-order chi connectivity index (χ0) is 19.9. The smallest absolute Gasteiger partial charge is 0.220 e. The molecule has 0 spiro atoms. The lowest BCUT2D eigenvalue weighted by Gasteiger charge is -2.18. The number of nitrogens with zero attached hydrogens (tertiary/aromatic N) is 1. The number of ether oxygens (including phenoxy) is 2. The molecule has 2 aromatic carbocycles. The Morgan fingerprint density at radius 1 is 0.964 bits per heavy atom. The van der Waals surface area contributed by atoms with Gasteiger partial charge in [0.2, 0.25) is 5.91 Å². The van der Waals surface area contributed by atoms with Crippen molar-refractivity contribution >= 4 is 17.4 Å². The number of hydrogen-bond acceptors (Lipinski definition) is 5.